The molecule has 0 aliphatic carbocycles. The lowest BCUT2D eigenvalue weighted by Crippen LogP contribution is -2.53. The molecule has 0 radical (unpaired) electrons. The molecular formula is C22H27ClN2O4S. The Balaban J connectivity index is 1.83. The molecule has 3 rings (SSSR count). The fourth-order valence-corrected chi connectivity index (χ4v) is 4.71. The monoisotopic (exact) mass is 450 g/mol. The van der Waals surface area contributed by atoms with Gasteiger partial charge < -0.3 is 15.0 Å². The molecule has 0 bridgehead atoms. The number of ketones is 1. The van der Waals surface area contributed by atoms with E-state index in [1.807, 2.05) is 39.0 Å². The summed E-state index contributed by atoms with van der Waals surface area (Å²) in [4.78, 5) is 38.5. The largest absolute Gasteiger partial charge is 0.444 e. The van der Waals surface area contributed by atoms with E-state index in [0.29, 0.717) is 16.5 Å². The number of piperidine rings is 1. The van der Waals surface area contributed by atoms with Crippen LogP contribution in [0.15, 0.2) is 23.1 Å². The van der Waals surface area contributed by atoms with Crippen LogP contribution in [0.2, 0.25) is 5.02 Å². The van der Waals surface area contributed by atoms with E-state index in [0.717, 1.165) is 36.0 Å². The number of anilines is 1. The Morgan fingerprint density at radius 3 is 2.70 bits per heavy atom. The molecule has 1 N–H and O–H groups in total. The maximum absolute atomic E-state index is 12.3. The summed E-state index contributed by atoms with van der Waals surface area (Å²) >= 11 is 7.53. The second kappa shape index (κ2) is 9.02. The van der Waals surface area contributed by atoms with E-state index < -0.39 is 11.7 Å². The Morgan fingerprint density at radius 2 is 2.07 bits per heavy atom. The summed E-state index contributed by atoms with van der Waals surface area (Å²) in [5, 5.41) is 3.42. The predicted molar refractivity (Wildman–Crippen MR) is 121 cm³/mol. The Kier molecular flexibility index (Phi) is 6.82. The molecule has 30 heavy (non-hydrogen) atoms. The second-order valence-electron chi connectivity index (χ2n) is 8.72. The number of hydrogen-bond acceptors (Lipinski definition) is 6. The molecule has 0 aromatic heterocycles. The number of carbonyl (C=O) groups is 3. The van der Waals surface area contributed by atoms with Crippen LogP contribution in [-0.2, 0) is 14.3 Å². The van der Waals surface area contributed by atoms with Crippen LogP contribution in [0.1, 0.15) is 46.1 Å². The Bertz CT molecular complexity index is 894. The number of halogens is 1. The van der Waals surface area contributed by atoms with Crippen LogP contribution in [0.5, 0.6) is 0 Å². The predicted octanol–water partition coefficient (Wildman–Crippen LogP) is 4.65. The van der Waals surface area contributed by atoms with Gasteiger partial charge in [0.2, 0.25) is 5.12 Å². The zero-order chi connectivity index (χ0) is 22.1. The third-order valence-electron chi connectivity index (χ3n) is 5.08. The quantitative estimate of drug-likeness (QED) is 0.533. The lowest BCUT2D eigenvalue weighted by molar-refractivity contribution is -0.119. The SMILES string of the molecule is CC1CCN(c2c(Cl)cccc2/C=C2\SC(=O)CC2=O)CC1NC(=O)OC(C)(C)C. The van der Waals surface area contributed by atoms with Gasteiger partial charge in [-0.3, -0.25) is 9.59 Å². The lowest BCUT2D eigenvalue weighted by atomic mass is 9.92. The summed E-state index contributed by atoms with van der Waals surface area (Å²) in [6.45, 7) is 8.95. The first-order chi connectivity index (χ1) is 14.0. The highest BCUT2D eigenvalue weighted by molar-refractivity contribution is 8.18. The van der Waals surface area contributed by atoms with Gasteiger partial charge in [0.15, 0.2) is 5.78 Å². The zero-order valence-corrected chi connectivity index (χ0v) is 19.2. The first-order valence-electron chi connectivity index (χ1n) is 10.0. The summed E-state index contributed by atoms with van der Waals surface area (Å²) in [6, 6.07) is 5.42. The Labute approximate surface area is 186 Å². The van der Waals surface area contributed by atoms with Gasteiger partial charge in [-0.25, -0.2) is 4.79 Å². The number of ether oxygens (including phenoxy) is 1. The van der Waals surface area contributed by atoms with E-state index >= 15 is 0 Å². The van der Waals surface area contributed by atoms with Gasteiger partial charge in [0, 0.05) is 18.7 Å². The van der Waals surface area contributed by atoms with Crippen molar-refractivity contribution in [2.45, 2.75) is 52.2 Å². The molecular weight excluding hydrogens is 424 g/mol. The molecule has 8 heteroatoms. The van der Waals surface area contributed by atoms with Gasteiger partial charge in [-0.15, -0.1) is 0 Å². The average Bonchev–Trinajstić information content (AvgIpc) is 2.93. The number of Topliss-reactive ketones (excluding diaryl/α,β-unsaturated/α-hetero) is 1. The highest BCUT2D eigenvalue weighted by Crippen LogP contribution is 2.37. The molecule has 2 heterocycles. The number of amides is 1. The minimum Gasteiger partial charge on any atom is -0.444 e. The van der Waals surface area contributed by atoms with Gasteiger partial charge in [0.25, 0.3) is 0 Å². The minimum atomic E-state index is -0.563. The molecule has 162 valence electrons. The summed E-state index contributed by atoms with van der Waals surface area (Å²) < 4.78 is 5.41. The summed E-state index contributed by atoms with van der Waals surface area (Å²) in [6.07, 6.45) is 2.12. The maximum atomic E-state index is 12.3. The number of para-hydroxylation sites is 1. The highest BCUT2D eigenvalue weighted by Gasteiger charge is 2.31. The van der Waals surface area contributed by atoms with Crippen molar-refractivity contribution in [2.75, 3.05) is 18.0 Å². The van der Waals surface area contributed by atoms with Gasteiger partial charge >= 0.3 is 6.09 Å². The van der Waals surface area contributed by atoms with Crippen molar-refractivity contribution in [3.63, 3.8) is 0 Å². The summed E-state index contributed by atoms with van der Waals surface area (Å²) in [5.74, 6) is 0.121. The standard InChI is InChI=1S/C22H27ClN2O4S/c1-13-8-9-25(12-16(13)24-21(28)29-22(2,3)4)20-14(6-5-7-15(20)23)10-18-17(26)11-19(27)30-18/h5-7,10,13,16H,8-9,11-12H2,1-4H3,(H,24,28)/b18-10-. The van der Waals surface area contributed by atoms with E-state index in [-0.39, 0.29) is 29.3 Å². The van der Waals surface area contributed by atoms with Crippen molar-refractivity contribution in [1.29, 1.82) is 0 Å². The van der Waals surface area contributed by atoms with E-state index in [4.69, 9.17) is 16.3 Å². The second-order valence-corrected chi connectivity index (χ2v) is 10.2. The number of hydrogen-bond donors (Lipinski definition) is 1. The first-order valence-corrected chi connectivity index (χ1v) is 11.2. The van der Waals surface area contributed by atoms with Crippen molar-refractivity contribution in [1.82, 2.24) is 5.32 Å². The van der Waals surface area contributed by atoms with Crippen LogP contribution in [0.3, 0.4) is 0 Å². The normalized spacial score (nSPS) is 23.8. The van der Waals surface area contributed by atoms with E-state index in [9.17, 15) is 14.4 Å². The molecule has 2 aliphatic heterocycles. The third kappa shape index (κ3) is 5.58. The Hall–Kier alpha value is -1.99. The molecule has 2 unspecified atom stereocenters. The number of alkyl carbamates (subject to hydrolysis) is 1. The fourth-order valence-electron chi connectivity index (χ4n) is 3.59. The van der Waals surface area contributed by atoms with Gasteiger partial charge in [0.1, 0.15) is 5.60 Å². The van der Waals surface area contributed by atoms with Gasteiger partial charge in [0.05, 0.1) is 28.1 Å². The number of rotatable bonds is 3. The van der Waals surface area contributed by atoms with E-state index in [1.165, 1.54) is 0 Å². The highest BCUT2D eigenvalue weighted by atomic mass is 35.5. The lowest BCUT2D eigenvalue weighted by Gasteiger charge is -2.39. The van der Waals surface area contributed by atoms with Crippen molar-refractivity contribution in [2.24, 2.45) is 5.92 Å². The number of nitrogens with one attached hydrogen (secondary N) is 1. The molecule has 2 atom stereocenters. The fraction of sp³-hybridized carbons (Fsp3) is 0.500. The Morgan fingerprint density at radius 1 is 1.33 bits per heavy atom. The van der Waals surface area contributed by atoms with E-state index in [1.54, 1.807) is 6.08 Å². The molecule has 0 saturated carbocycles. The minimum absolute atomic E-state index is 0.0600. The summed E-state index contributed by atoms with van der Waals surface area (Å²) in [5.41, 5.74) is 1.04. The molecule has 2 fully saturated rings. The third-order valence-corrected chi connectivity index (χ3v) is 6.33. The van der Waals surface area contributed by atoms with Crippen molar-refractivity contribution in [3.05, 3.63) is 33.7 Å². The molecule has 2 saturated heterocycles. The van der Waals surface area contributed by atoms with Crippen LogP contribution in [-0.4, -0.2) is 41.7 Å². The average molecular weight is 451 g/mol. The topological polar surface area (TPSA) is 75.7 Å². The van der Waals surface area contributed by atoms with Gasteiger partial charge in [-0.2, -0.15) is 0 Å². The van der Waals surface area contributed by atoms with E-state index in [2.05, 4.69) is 17.1 Å². The van der Waals surface area contributed by atoms with Crippen LogP contribution < -0.4 is 10.2 Å². The van der Waals surface area contributed by atoms with Gasteiger partial charge in [-0.05, 0) is 57.0 Å². The smallest absolute Gasteiger partial charge is 0.407 e. The number of benzene rings is 1. The molecule has 1 aromatic carbocycles. The van der Waals surface area contributed by atoms with Crippen LogP contribution in [0.25, 0.3) is 6.08 Å². The number of allylic oxidation sites excluding steroid dienone is 1. The number of nitrogens with zero attached hydrogens (tertiary/aromatic N) is 1. The molecule has 0 spiro atoms. The van der Waals surface area contributed by atoms with Crippen molar-refractivity contribution < 1.29 is 19.1 Å². The number of thioether (sulfide) groups is 1. The van der Waals surface area contributed by atoms with Crippen molar-refractivity contribution >= 4 is 52.1 Å². The van der Waals surface area contributed by atoms with Crippen LogP contribution in [0, 0.1) is 5.92 Å². The van der Waals surface area contributed by atoms with Gasteiger partial charge in [-0.1, -0.05) is 30.7 Å². The first kappa shape index (κ1) is 22.7. The molecule has 1 aromatic rings. The summed E-state index contributed by atoms with van der Waals surface area (Å²) in [7, 11) is 0. The van der Waals surface area contributed by atoms with Crippen LogP contribution in [0.4, 0.5) is 10.5 Å². The van der Waals surface area contributed by atoms with Crippen molar-refractivity contribution in [3.8, 4) is 0 Å². The molecule has 6 nitrogen and oxygen atoms in total. The maximum Gasteiger partial charge on any atom is 0.407 e. The molecule has 2 aliphatic rings. The zero-order valence-electron chi connectivity index (χ0n) is 17.7. The van der Waals surface area contributed by atoms with Crippen LogP contribution >= 0.6 is 23.4 Å². The number of carbonyl (C=O) groups excluding carboxylic acids is 3. The molecule has 1 amide bonds.